The first-order chi connectivity index (χ1) is 6.70. The summed E-state index contributed by atoms with van der Waals surface area (Å²) in [5.74, 6) is 0.309. The Hall–Kier alpha value is -0.890. The Bertz CT molecular complexity index is 292. The number of benzene rings is 1. The molecule has 0 aliphatic carbocycles. The summed E-state index contributed by atoms with van der Waals surface area (Å²) in [6.45, 7) is 3.13. The first-order valence-corrected chi connectivity index (χ1v) is 5.14. The Labute approximate surface area is 84.3 Å². The van der Waals surface area contributed by atoms with Crippen LogP contribution in [0.5, 0.6) is 0 Å². The van der Waals surface area contributed by atoms with Crippen molar-refractivity contribution in [3.05, 3.63) is 35.9 Å². The minimum atomic E-state index is -0.963. The second-order valence-electron chi connectivity index (χ2n) is 4.27. The summed E-state index contributed by atoms with van der Waals surface area (Å²) < 4.78 is 13.8. The van der Waals surface area contributed by atoms with Crippen LogP contribution in [0, 0.1) is 0 Å². The molecular formula is C12H16FN. The van der Waals surface area contributed by atoms with Crippen LogP contribution in [0.1, 0.15) is 24.8 Å². The largest absolute Gasteiger partial charge is 0.310 e. The molecule has 1 unspecified atom stereocenters. The van der Waals surface area contributed by atoms with E-state index in [1.54, 1.807) is 0 Å². The van der Waals surface area contributed by atoms with E-state index in [9.17, 15) is 4.39 Å². The van der Waals surface area contributed by atoms with Crippen LogP contribution in [0.25, 0.3) is 0 Å². The summed E-state index contributed by atoms with van der Waals surface area (Å²) in [5.41, 5.74) is 0.270. The van der Waals surface area contributed by atoms with Gasteiger partial charge in [-0.1, -0.05) is 37.3 Å². The van der Waals surface area contributed by atoms with Crippen LogP contribution in [-0.4, -0.2) is 18.8 Å². The van der Waals surface area contributed by atoms with Crippen LogP contribution in [0.3, 0.4) is 0 Å². The fourth-order valence-electron chi connectivity index (χ4n) is 1.99. The lowest BCUT2D eigenvalue weighted by Crippen LogP contribution is -2.56. The van der Waals surface area contributed by atoms with Gasteiger partial charge in [0.05, 0.1) is 0 Å². The number of halogens is 1. The topological polar surface area (TPSA) is 12.0 Å². The van der Waals surface area contributed by atoms with Crippen molar-refractivity contribution >= 4 is 0 Å². The van der Waals surface area contributed by atoms with Crippen molar-refractivity contribution in [3.8, 4) is 0 Å². The van der Waals surface area contributed by atoms with Crippen LogP contribution in [-0.2, 0) is 0 Å². The molecule has 1 N–H and O–H groups in total. The highest BCUT2D eigenvalue weighted by Crippen LogP contribution is 2.30. The molecule has 0 amide bonds. The lowest BCUT2D eigenvalue weighted by Gasteiger charge is -2.37. The number of alkyl halides is 1. The maximum Gasteiger partial charge on any atom is 0.136 e. The van der Waals surface area contributed by atoms with Crippen molar-refractivity contribution in [3.63, 3.8) is 0 Å². The van der Waals surface area contributed by atoms with Crippen molar-refractivity contribution in [2.24, 2.45) is 0 Å². The highest BCUT2D eigenvalue weighted by Gasteiger charge is 2.38. The zero-order valence-electron chi connectivity index (χ0n) is 8.46. The van der Waals surface area contributed by atoms with Gasteiger partial charge >= 0.3 is 0 Å². The Kier molecular flexibility index (Phi) is 2.55. The predicted molar refractivity (Wildman–Crippen MR) is 56.2 cm³/mol. The van der Waals surface area contributed by atoms with Gasteiger partial charge in [-0.15, -0.1) is 0 Å². The van der Waals surface area contributed by atoms with Gasteiger partial charge in [-0.3, -0.25) is 0 Å². The average Bonchev–Trinajstić information content (AvgIpc) is 2.17. The van der Waals surface area contributed by atoms with Gasteiger partial charge in [0.15, 0.2) is 0 Å². The second kappa shape index (κ2) is 3.70. The van der Waals surface area contributed by atoms with Gasteiger partial charge in [-0.05, 0) is 17.9 Å². The minimum Gasteiger partial charge on any atom is -0.310 e. The first kappa shape index (κ1) is 9.66. The van der Waals surface area contributed by atoms with Crippen molar-refractivity contribution < 1.29 is 4.39 Å². The van der Waals surface area contributed by atoms with Crippen LogP contribution in [0.2, 0.25) is 0 Å². The molecule has 1 atom stereocenters. The number of nitrogens with one attached hydrogen (secondary N) is 1. The highest BCUT2D eigenvalue weighted by atomic mass is 19.1. The Morgan fingerprint density at radius 2 is 2.00 bits per heavy atom. The van der Waals surface area contributed by atoms with Crippen LogP contribution >= 0.6 is 0 Å². The molecule has 1 aromatic rings. The summed E-state index contributed by atoms with van der Waals surface area (Å²) in [6.07, 6.45) is 0.629. The SMILES string of the molecule is CC(CC1(F)CNC1)c1ccccc1. The molecule has 1 saturated heterocycles. The van der Waals surface area contributed by atoms with Crippen LogP contribution < -0.4 is 5.32 Å². The van der Waals surface area contributed by atoms with E-state index in [4.69, 9.17) is 0 Å². The average molecular weight is 193 g/mol. The zero-order valence-corrected chi connectivity index (χ0v) is 8.46. The van der Waals surface area contributed by atoms with E-state index < -0.39 is 5.67 Å². The molecule has 2 heteroatoms. The fourth-order valence-corrected chi connectivity index (χ4v) is 1.99. The third kappa shape index (κ3) is 1.95. The molecule has 0 spiro atoms. The maximum atomic E-state index is 13.8. The van der Waals surface area contributed by atoms with Gasteiger partial charge in [0.2, 0.25) is 0 Å². The van der Waals surface area contributed by atoms with Crippen molar-refractivity contribution in [2.45, 2.75) is 24.9 Å². The summed E-state index contributed by atoms with van der Waals surface area (Å²) in [5, 5.41) is 2.98. The molecule has 1 aromatic carbocycles. The summed E-state index contributed by atoms with van der Waals surface area (Å²) in [7, 11) is 0. The molecule has 1 aliphatic heterocycles. The third-order valence-electron chi connectivity index (χ3n) is 2.92. The second-order valence-corrected chi connectivity index (χ2v) is 4.27. The fraction of sp³-hybridized carbons (Fsp3) is 0.500. The number of rotatable bonds is 3. The van der Waals surface area contributed by atoms with Crippen molar-refractivity contribution in [1.29, 1.82) is 0 Å². The standard InChI is InChI=1S/C12H16FN/c1-10(7-12(13)8-14-9-12)11-5-3-2-4-6-11/h2-6,10,14H,7-9H2,1H3. The monoisotopic (exact) mass is 193 g/mol. The van der Waals surface area contributed by atoms with Crippen LogP contribution in [0.4, 0.5) is 4.39 Å². The van der Waals surface area contributed by atoms with Crippen molar-refractivity contribution in [2.75, 3.05) is 13.1 Å². The molecule has 1 aliphatic rings. The summed E-state index contributed by atoms with van der Waals surface area (Å²) in [6, 6.07) is 10.2. The summed E-state index contributed by atoms with van der Waals surface area (Å²) in [4.78, 5) is 0. The molecule has 14 heavy (non-hydrogen) atoms. The van der Waals surface area contributed by atoms with E-state index in [0.29, 0.717) is 25.4 Å². The molecule has 1 nitrogen and oxygen atoms in total. The van der Waals surface area contributed by atoms with Crippen molar-refractivity contribution in [1.82, 2.24) is 5.32 Å². The molecule has 76 valence electrons. The first-order valence-electron chi connectivity index (χ1n) is 5.14. The molecule has 0 bridgehead atoms. The molecule has 0 saturated carbocycles. The summed E-state index contributed by atoms with van der Waals surface area (Å²) >= 11 is 0. The van der Waals surface area contributed by atoms with Gasteiger partial charge in [-0.25, -0.2) is 4.39 Å². The zero-order chi connectivity index (χ0) is 10.0. The smallest absolute Gasteiger partial charge is 0.136 e. The lowest BCUT2D eigenvalue weighted by atomic mass is 9.85. The number of hydrogen-bond acceptors (Lipinski definition) is 1. The lowest BCUT2D eigenvalue weighted by molar-refractivity contribution is 0.0736. The quantitative estimate of drug-likeness (QED) is 0.777. The Morgan fingerprint density at radius 1 is 1.36 bits per heavy atom. The van der Waals surface area contributed by atoms with E-state index in [-0.39, 0.29) is 0 Å². The number of hydrogen-bond donors (Lipinski definition) is 1. The normalized spacial score (nSPS) is 21.3. The minimum absolute atomic E-state index is 0.309. The van der Waals surface area contributed by atoms with E-state index >= 15 is 0 Å². The molecular weight excluding hydrogens is 177 g/mol. The van der Waals surface area contributed by atoms with Gasteiger partial charge in [0.25, 0.3) is 0 Å². The molecule has 0 radical (unpaired) electrons. The van der Waals surface area contributed by atoms with Crippen LogP contribution in [0.15, 0.2) is 30.3 Å². The molecule has 2 rings (SSSR count). The van der Waals surface area contributed by atoms with E-state index in [1.165, 1.54) is 5.56 Å². The third-order valence-corrected chi connectivity index (χ3v) is 2.92. The van der Waals surface area contributed by atoms with Gasteiger partial charge in [-0.2, -0.15) is 0 Å². The molecule has 1 heterocycles. The van der Waals surface area contributed by atoms with Gasteiger partial charge in [0.1, 0.15) is 5.67 Å². The molecule has 1 fully saturated rings. The molecule has 0 aromatic heterocycles. The van der Waals surface area contributed by atoms with E-state index in [1.807, 2.05) is 18.2 Å². The highest BCUT2D eigenvalue weighted by molar-refractivity contribution is 5.19. The van der Waals surface area contributed by atoms with Gasteiger partial charge < -0.3 is 5.32 Å². The maximum absolute atomic E-state index is 13.8. The van der Waals surface area contributed by atoms with E-state index in [0.717, 1.165) is 0 Å². The van der Waals surface area contributed by atoms with Gasteiger partial charge in [0, 0.05) is 13.1 Å². The Morgan fingerprint density at radius 3 is 2.50 bits per heavy atom. The Balaban J connectivity index is 1.99. The van der Waals surface area contributed by atoms with E-state index in [2.05, 4.69) is 24.4 Å². The predicted octanol–water partition coefficient (Wildman–Crippen LogP) is 2.49.